The van der Waals surface area contributed by atoms with E-state index < -0.39 is 4.92 Å². The Morgan fingerprint density at radius 1 is 1.12 bits per heavy atom. The van der Waals surface area contributed by atoms with Gasteiger partial charge in [-0.1, -0.05) is 23.7 Å². The zero-order chi connectivity index (χ0) is 18.7. The third-order valence-corrected chi connectivity index (χ3v) is 3.93. The van der Waals surface area contributed by atoms with E-state index in [2.05, 4.69) is 10.2 Å². The van der Waals surface area contributed by atoms with Gasteiger partial charge in [0, 0.05) is 37.5 Å². The second-order valence-electron chi connectivity index (χ2n) is 5.69. The molecule has 8 heteroatoms. The Labute approximate surface area is 154 Å². The summed E-state index contributed by atoms with van der Waals surface area (Å²) in [6, 6.07) is 13.7. The lowest BCUT2D eigenvalue weighted by molar-refractivity contribution is -0.384. The third-order valence-electron chi connectivity index (χ3n) is 3.66. The van der Waals surface area contributed by atoms with Gasteiger partial charge in [-0.15, -0.1) is 10.2 Å². The van der Waals surface area contributed by atoms with Gasteiger partial charge >= 0.3 is 0 Å². The lowest BCUT2D eigenvalue weighted by atomic mass is 10.2. The Morgan fingerprint density at radius 2 is 1.77 bits per heavy atom. The van der Waals surface area contributed by atoms with E-state index in [1.807, 2.05) is 43.3 Å². The Morgan fingerprint density at radius 3 is 2.35 bits per heavy atom. The van der Waals surface area contributed by atoms with Gasteiger partial charge < -0.3 is 9.32 Å². The van der Waals surface area contributed by atoms with Crippen molar-refractivity contribution in [3.8, 4) is 11.5 Å². The van der Waals surface area contributed by atoms with Crippen molar-refractivity contribution in [1.82, 2.24) is 10.2 Å². The maximum Gasteiger partial charge on any atom is 0.269 e. The van der Waals surface area contributed by atoms with Crippen LogP contribution in [0, 0.1) is 10.1 Å². The number of hydrogen-bond donors (Lipinski definition) is 0. The van der Waals surface area contributed by atoms with Crippen LogP contribution >= 0.6 is 11.6 Å². The summed E-state index contributed by atoms with van der Waals surface area (Å²) in [7, 11) is 3.94. The highest BCUT2D eigenvalue weighted by Crippen LogP contribution is 2.26. The average molecular weight is 371 g/mol. The molecule has 0 fully saturated rings. The van der Waals surface area contributed by atoms with Gasteiger partial charge in [0.1, 0.15) is 5.03 Å². The van der Waals surface area contributed by atoms with Gasteiger partial charge in [-0.25, -0.2) is 0 Å². The first-order chi connectivity index (χ1) is 12.4. The van der Waals surface area contributed by atoms with Crippen molar-refractivity contribution in [3.63, 3.8) is 0 Å². The molecule has 0 amide bonds. The number of rotatable bonds is 5. The smallest absolute Gasteiger partial charge is 0.269 e. The lowest BCUT2D eigenvalue weighted by Crippen LogP contribution is -2.07. The monoisotopic (exact) mass is 370 g/mol. The van der Waals surface area contributed by atoms with Crippen LogP contribution in [-0.4, -0.2) is 29.2 Å². The molecule has 2 aromatic carbocycles. The minimum Gasteiger partial charge on any atom is -0.415 e. The van der Waals surface area contributed by atoms with Crippen molar-refractivity contribution in [1.29, 1.82) is 0 Å². The molecule has 0 aliphatic heterocycles. The van der Waals surface area contributed by atoms with Crippen LogP contribution in [0.15, 0.2) is 52.9 Å². The lowest BCUT2D eigenvalue weighted by Gasteiger charge is -2.11. The van der Waals surface area contributed by atoms with Gasteiger partial charge in [-0.05, 0) is 35.9 Å². The SMILES string of the molecule is CN(C)c1ccc(/C=C(\Cl)c2nnc(-c3ccc([N+](=O)[O-])cc3)o2)cc1. The highest BCUT2D eigenvalue weighted by Gasteiger charge is 2.13. The summed E-state index contributed by atoms with van der Waals surface area (Å²) in [6.45, 7) is 0. The number of hydrogen-bond acceptors (Lipinski definition) is 6. The number of aromatic nitrogens is 2. The molecular weight excluding hydrogens is 356 g/mol. The normalized spacial score (nSPS) is 11.4. The Bertz CT molecular complexity index is 947. The quantitative estimate of drug-likeness (QED) is 0.487. The predicted molar refractivity (Wildman–Crippen MR) is 101 cm³/mol. The molecule has 132 valence electrons. The maximum absolute atomic E-state index is 10.7. The molecule has 0 bridgehead atoms. The van der Waals surface area contributed by atoms with E-state index in [1.165, 1.54) is 12.1 Å². The van der Waals surface area contributed by atoms with E-state index in [0.29, 0.717) is 10.6 Å². The Balaban J connectivity index is 1.80. The molecule has 3 aromatic rings. The van der Waals surface area contributed by atoms with E-state index in [-0.39, 0.29) is 17.5 Å². The van der Waals surface area contributed by atoms with E-state index in [4.69, 9.17) is 16.0 Å². The molecule has 1 aromatic heterocycles. The number of non-ortho nitro benzene ring substituents is 1. The molecule has 3 rings (SSSR count). The standard InChI is InChI=1S/C18H15ClN4O3/c1-22(2)14-7-3-12(4-8-14)11-16(19)18-21-20-17(26-18)13-5-9-15(10-6-13)23(24)25/h3-11H,1-2H3/b16-11-. The van der Waals surface area contributed by atoms with Gasteiger partial charge in [0.2, 0.25) is 5.89 Å². The van der Waals surface area contributed by atoms with E-state index in [1.54, 1.807) is 18.2 Å². The molecule has 0 spiro atoms. The zero-order valence-corrected chi connectivity index (χ0v) is 14.8. The van der Waals surface area contributed by atoms with Crippen molar-refractivity contribution >= 4 is 34.1 Å². The number of nitrogens with zero attached hydrogens (tertiary/aromatic N) is 4. The van der Waals surface area contributed by atoms with Crippen LogP contribution in [0.4, 0.5) is 11.4 Å². The van der Waals surface area contributed by atoms with Crippen molar-refractivity contribution < 1.29 is 9.34 Å². The van der Waals surface area contributed by atoms with Gasteiger partial charge in [-0.2, -0.15) is 0 Å². The molecule has 26 heavy (non-hydrogen) atoms. The van der Waals surface area contributed by atoms with Gasteiger partial charge in [-0.3, -0.25) is 10.1 Å². The molecule has 0 saturated heterocycles. The number of nitro groups is 1. The molecule has 0 aliphatic carbocycles. The van der Waals surface area contributed by atoms with Crippen LogP contribution in [0.5, 0.6) is 0 Å². The summed E-state index contributed by atoms with van der Waals surface area (Å²) in [5, 5.41) is 18.9. The Hall–Kier alpha value is -3.19. The van der Waals surface area contributed by atoms with Crippen LogP contribution in [0.2, 0.25) is 0 Å². The minimum absolute atomic E-state index is 0.00686. The first kappa shape index (κ1) is 17.6. The second kappa shape index (κ2) is 7.37. The summed E-state index contributed by atoms with van der Waals surface area (Å²) in [5.74, 6) is 0.418. The number of benzene rings is 2. The van der Waals surface area contributed by atoms with Crippen LogP contribution < -0.4 is 4.90 Å². The number of nitro benzene ring substituents is 1. The largest absolute Gasteiger partial charge is 0.415 e. The molecule has 1 heterocycles. The Kier molecular flexibility index (Phi) is 4.99. The third kappa shape index (κ3) is 3.89. The zero-order valence-electron chi connectivity index (χ0n) is 14.1. The summed E-state index contributed by atoms with van der Waals surface area (Å²) >= 11 is 6.28. The fourth-order valence-electron chi connectivity index (χ4n) is 2.24. The van der Waals surface area contributed by atoms with Crippen molar-refractivity contribution in [2.75, 3.05) is 19.0 Å². The molecule has 0 radical (unpaired) electrons. The summed E-state index contributed by atoms with van der Waals surface area (Å²) in [5.41, 5.74) is 2.55. The van der Waals surface area contributed by atoms with Crippen LogP contribution in [0.1, 0.15) is 11.5 Å². The maximum atomic E-state index is 10.7. The predicted octanol–water partition coefficient (Wildman–Crippen LogP) is 4.45. The highest BCUT2D eigenvalue weighted by atomic mass is 35.5. The number of halogens is 1. The highest BCUT2D eigenvalue weighted by molar-refractivity contribution is 6.50. The van der Waals surface area contributed by atoms with Crippen LogP contribution in [0.3, 0.4) is 0 Å². The van der Waals surface area contributed by atoms with Gasteiger partial charge in [0.15, 0.2) is 0 Å². The molecular formula is C18H15ClN4O3. The molecule has 0 unspecified atom stereocenters. The second-order valence-corrected chi connectivity index (χ2v) is 6.10. The van der Waals surface area contributed by atoms with Crippen molar-refractivity contribution in [2.45, 2.75) is 0 Å². The molecule has 0 atom stereocenters. The first-order valence-corrected chi connectivity index (χ1v) is 8.05. The summed E-state index contributed by atoms with van der Waals surface area (Å²) < 4.78 is 5.57. The minimum atomic E-state index is -0.468. The molecule has 0 aliphatic rings. The van der Waals surface area contributed by atoms with E-state index >= 15 is 0 Å². The van der Waals surface area contributed by atoms with E-state index in [9.17, 15) is 10.1 Å². The van der Waals surface area contributed by atoms with E-state index in [0.717, 1.165) is 11.3 Å². The van der Waals surface area contributed by atoms with Gasteiger partial charge in [0.25, 0.3) is 11.6 Å². The molecule has 7 nitrogen and oxygen atoms in total. The van der Waals surface area contributed by atoms with Crippen LogP contribution in [-0.2, 0) is 0 Å². The average Bonchev–Trinajstić information content (AvgIpc) is 3.12. The summed E-state index contributed by atoms with van der Waals surface area (Å²) in [6.07, 6.45) is 1.73. The molecule has 0 N–H and O–H groups in total. The fourth-order valence-corrected chi connectivity index (χ4v) is 2.44. The molecule has 0 saturated carbocycles. The fraction of sp³-hybridized carbons (Fsp3) is 0.111. The number of anilines is 1. The van der Waals surface area contributed by atoms with Crippen LogP contribution in [0.25, 0.3) is 22.6 Å². The van der Waals surface area contributed by atoms with Gasteiger partial charge in [0.05, 0.1) is 4.92 Å². The van der Waals surface area contributed by atoms with Crippen molar-refractivity contribution in [2.24, 2.45) is 0 Å². The topological polar surface area (TPSA) is 85.3 Å². The van der Waals surface area contributed by atoms with Crippen molar-refractivity contribution in [3.05, 3.63) is 70.1 Å². The first-order valence-electron chi connectivity index (χ1n) is 7.67. The summed E-state index contributed by atoms with van der Waals surface area (Å²) in [4.78, 5) is 12.2.